The summed E-state index contributed by atoms with van der Waals surface area (Å²) in [5.41, 5.74) is 0.391. The number of aromatic nitrogens is 1. The number of nitrogens with one attached hydrogen (secondary N) is 1. The predicted molar refractivity (Wildman–Crippen MR) is 82.5 cm³/mol. The maximum absolute atomic E-state index is 12.6. The number of amides is 2. The van der Waals surface area contributed by atoms with Gasteiger partial charge in [-0.15, -0.1) is 0 Å². The number of pyridine rings is 1. The number of esters is 1. The van der Waals surface area contributed by atoms with Crippen molar-refractivity contribution in [2.24, 2.45) is 0 Å². The summed E-state index contributed by atoms with van der Waals surface area (Å²) >= 11 is 0. The van der Waals surface area contributed by atoms with Crippen LogP contribution in [0.15, 0.2) is 24.5 Å². The van der Waals surface area contributed by atoms with Crippen molar-refractivity contribution in [1.82, 2.24) is 15.2 Å². The van der Waals surface area contributed by atoms with E-state index >= 15 is 0 Å². The maximum atomic E-state index is 12.6. The number of carbonyl (C=O) groups excluding carboxylic acids is 3. The Bertz CT molecular complexity index is 576. The minimum absolute atomic E-state index is 0.151. The molecule has 1 aromatic heterocycles. The first-order valence-corrected chi connectivity index (χ1v) is 7.71. The molecule has 1 aliphatic rings. The number of hydrogen-bond donors (Lipinski definition) is 1. The molecular weight excluding hydrogens is 298 g/mol. The summed E-state index contributed by atoms with van der Waals surface area (Å²) in [6.07, 6.45) is 3.35. The van der Waals surface area contributed by atoms with Crippen molar-refractivity contribution in [2.75, 3.05) is 13.1 Å². The van der Waals surface area contributed by atoms with Crippen LogP contribution in [0.3, 0.4) is 0 Å². The Labute approximate surface area is 135 Å². The molecule has 23 heavy (non-hydrogen) atoms. The van der Waals surface area contributed by atoms with Gasteiger partial charge >= 0.3 is 5.97 Å². The first kappa shape index (κ1) is 16.9. The van der Waals surface area contributed by atoms with Crippen LogP contribution in [0, 0.1) is 0 Å². The largest absolute Gasteiger partial charge is 0.463 e. The summed E-state index contributed by atoms with van der Waals surface area (Å²) < 4.78 is 5.22. The monoisotopic (exact) mass is 319 g/mol. The molecule has 2 rings (SSSR count). The Balaban J connectivity index is 2.11. The highest BCUT2D eigenvalue weighted by Crippen LogP contribution is 2.15. The average Bonchev–Trinajstić information content (AvgIpc) is 2.56. The molecule has 1 N–H and O–H groups in total. The quantitative estimate of drug-likeness (QED) is 0.809. The molecular formula is C16H21N3O4. The zero-order chi connectivity index (χ0) is 16.8. The van der Waals surface area contributed by atoms with E-state index in [1.54, 1.807) is 25.3 Å². The molecule has 0 aliphatic carbocycles. The zero-order valence-electron chi connectivity index (χ0n) is 13.3. The third-order valence-corrected chi connectivity index (χ3v) is 3.77. The molecule has 124 valence electrons. The lowest BCUT2D eigenvalue weighted by Crippen LogP contribution is -2.58. The summed E-state index contributed by atoms with van der Waals surface area (Å²) in [6.45, 7) is 4.41. The van der Waals surface area contributed by atoms with Gasteiger partial charge in [0.1, 0.15) is 6.04 Å². The summed E-state index contributed by atoms with van der Waals surface area (Å²) in [6, 6.07) is 2.44. The molecule has 0 aromatic carbocycles. The van der Waals surface area contributed by atoms with Crippen LogP contribution in [-0.2, 0) is 14.3 Å². The molecule has 7 nitrogen and oxygen atoms in total. The molecule has 7 heteroatoms. The van der Waals surface area contributed by atoms with E-state index in [1.165, 1.54) is 11.1 Å². The summed E-state index contributed by atoms with van der Waals surface area (Å²) in [7, 11) is 0. The molecule has 2 amide bonds. The van der Waals surface area contributed by atoms with Gasteiger partial charge in [-0.2, -0.15) is 0 Å². The molecule has 1 fully saturated rings. The van der Waals surface area contributed by atoms with Crippen LogP contribution in [0.4, 0.5) is 0 Å². The van der Waals surface area contributed by atoms with Gasteiger partial charge in [0.25, 0.3) is 5.91 Å². The molecule has 0 spiro atoms. The summed E-state index contributed by atoms with van der Waals surface area (Å²) in [5.74, 6) is -1.13. The van der Waals surface area contributed by atoms with E-state index in [4.69, 9.17) is 4.74 Å². The third kappa shape index (κ3) is 4.28. The Hall–Kier alpha value is -2.44. The Kier molecular flexibility index (Phi) is 5.67. The van der Waals surface area contributed by atoms with E-state index in [9.17, 15) is 14.4 Å². The lowest BCUT2D eigenvalue weighted by atomic mass is 10.1. The average molecular weight is 319 g/mol. The van der Waals surface area contributed by atoms with E-state index in [1.807, 2.05) is 6.92 Å². The standard InChI is InChI=1S/C16H21N3O4/c1-3-11(2)23-14(20)9-13-15(21)18-7-8-19(13)16(22)12-5-4-6-17-10-12/h4-6,10-11,13H,3,7-9H2,1-2H3,(H,18,21). The molecule has 1 saturated heterocycles. The highest BCUT2D eigenvalue weighted by Gasteiger charge is 2.35. The van der Waals surface area contributed by atoms with Crippen molar-refractivity contribution >= 4 is 17.8 Å². The fourth-order valence-electron chi connectivity index (χ4n) is 2.33. The van der Waals surface area contributed by atoms with Crippen molar-refractivity contribution in [1.29, 1.82) is 0 Å². The van der Waals surface area contributed by atoms with Gasteiger partial charge in [0.15, 0.2) is 0 Å². The number of hydrogen-bond acceptors (Lipinski definition) is 5. The van der Waals surface area contributed by atoms with Gasteiger partial charge in [0, 0.05) is 25.5 Å². The molecule has 1 aliphatic heterocycles. The lowest BCUT2D eigenvalue weighted by molar-refractivity contribution is -0.151. The van der Waals surface area contributed by atoms with Crippen LogP contribution in [0.1, 0.15) is 37.0 Å². The van der Waals surface area contributed by atoms with Gasteiger partial charge < -0.3 is 15.0 Å². The third-order valence-electron chi connectivity index (χ3n) is 3.77. The molecule has 0 saturated carbocycles. The van der Waals surface area contributed by atoms with Crippen molar-refractivity contribution < 1.29 is 19.1 Å². The van der Waals surface area contributed by atoms with E-state index in [2.05, 4.69) is 10.3 Å². The summed E-state index contributed by atoms with van der Waals surface area (Å²) in [4.78, 5) is 42.0. The second-order valence-corrected chi connectivity index (χ2v) is 5.46. The van der Waals surface area contributed by atoms with Gasteiger partial charge in [-0.1, -0.05) is 6.92 Å². The first-order valence-electron chi connectivity index (χ1n) is 7.71. The number of nitrogens with zero attached hydrogens (tertiary/aromatic N) is 2. The highest BCUT2D eigenvalue weighted by molar-refractivity contribution is 5.99. The van der Waals surface area contributed by atoms with Gasteiger partial charge in [-0.3, -0.25) is 19.4 Å². The SMILES string of the molecule is CCC(C)OC(=O)CC1C(=O)NCCN1C(=O)c1cccnc1. The fourth-order valence-corrected chi connectivity index (χ4v) is 2.33. The smallest absolute Gasteiger partial charge is 0.308 e. The second-order valence-electron chi connectivity index (χ2n) is 5.46. The van der Waals surface area contributed by atoms with Crippen LogP contribution in [-0.4, -0.2) is 52.9 Å². The normalized spacial score (nSPS) is 19.0. The Morgan fingerprint density at radius 1 is 1.52 bits per heavy atom. The molecule has 2 atom stereocenters. The van der Waals surface area contributed by atoms with Crippen molar-refractivity contribution in [3.8, 4) is 0 Å². The summed E-state index contributed by atoms with van der Waals surface area (Å²) in [5, 5.41) is 2.68. The second kappa shape index (κ2) is 7.71. The van der Waals surface area contributed by atoms with Crippen LogP contribution >= 0.6 is 0 Å². The molecule has 0 radical (unpaired) electrons. The van der Waals surface area contributed by atoms with Gasteiger partial charge in [-0.05, 0) is 25.5 Å². The van der Waals surface area contributed by atoms with Crippen molar-refractivity contribution in [3.05, 3.63) is 30.1 Å². The van der Waals surface area contributed by atoms with Crippen LogP contribution in [0.25, 0.3) is 0 Å². The Morgan fingerprint density at radius 2 is 2.30 bits per heavy atom. The van der Waals surface area contributed by atoms with Crippen molar-refractivity contribution in [2.45, 2.75) is 38.8 Å². The van der Waals surface area contributed by atoms with E-state index in [0.717, 1.165) is 0 Å². The van der Waals surface area contributed by atoms with Gasteiger partial charge in [0.2, 0.25) is 5.91 Å². The van der Waals surface area contributed by atoms with Gasteiger partial charge in [0.05, 0.1) is 18.1 Å². The topological polar surface area (TPSA) is 88.6 Å². The lowest BCUT2D eigenvalue weighted by Gasteiger charge is -2.34. The minimum Gasteiger partial charge on any atom is -0.463 e. The van der Waals surface area contributed by atoms with E-state index in [-0.39, 0.29) is 24.3 Å². The predicted octanol–water partition coefficient (Wildman–Crippen LogP) is 0.754. The molecule has 0 bridgehead atoms. The fraction of sp³-hybridized carbons (Fsp3) is 0.500. The maximum Gasteiger partial charge on any atom is 0.308 e. The van der Waals surface area contributed by atoms with Crippen LogP contribution < -0.4 is 5.32 Å². The van der Waals surface area contributed by atoms with E-state index < -0.39 is 12.0 Å². The minimum atomic E-state index is -0.854. The number of piperazine rings is 1. The number of ether oxygens (including phenoxy) is 1. The van der Waals surface area contributed by atoms with Crippen LogP contribution in [0.5, 0.6) is 0 Å². The highest BCUT2D eigenvalue weighted by atomic mass is 16.5. The van der Waals surface area contributed by atoms with E-state index in [0.29, 0.717) is 25.1 Å². The van der Waals surface area contributed by atoms with Crippen molar-refractivity contribution in [3.63, 3.8) is 0 Å². The molecule has 2 unspecified atom stereocenters. The van der Waals surface area contributed by atoms with Crippen LogP contribution in [0.2, 0.25) is 0 Å². The number of carbonyl (C=O) groups is 3. The molecule has 1 aromatic rings. The molecule has 2 heterocycles. The zero-order valence-corrected chi connectivity index (χ0v) is 13.3. The number of rotatable bonds is 5. The first-order chi connectivity index (χ1) is 11.0. The van der Waals surface area contributed by atoms with Gasteiger partial charge in [-0.25, -0.2) is 0 Å². The Morgan fingerprint density at radius 3 is 2.96 bits per heavy atom.